The van der Waals surface area contributed by atoms with E-state index in [2.05, 4.69) is 45.4 Å². The van der Waals surface area contributed by atoms with Crippen molar-refractivity contribution in [3.8, 4) is 5.88 Å². The minimum atomic E-state index is -0.887. The lowest BCUT2D eigenvalue weighted by molar-refractivity contribution is -0.102. The number of aromatic nitrogens is 2. The fourth-order valence-electron chi connectivity index (χ4n) is 4.46. The number of rotatable bonds is 4. The molecule has 2 saturated heterocycles. The summed E-state index contributed by atoms with van der Waals surface area (Å²) in [7, 11) is 1.57. The van der Waals surface area contributed by atoms with Crippen LogP contribution >= 0.6 is 0 Å². The summed E-state index contributed by atoms with van der Waals surface area (Å²) in [4.78, 5) is 2.59. The third-order valence-electron chi connectivity index (χ3n) is 5.69. The van der Waals surface area contributed by atoms with E-state index < -0.39 is 5.60 Å². The van der Waals surface area contributed by atoms with Gasteiger partial charge >= 0.3 is 0 Å². The van der Waals surface area contributed by atoms with Crippen molar-refractivity contribution in [1.29, 1.82) is 0 Å². The highest BCUT2D eigenvalue weighted by Crippen LogP contribution is 2.44. The molecular weight excluding hydrogens is 314 g/mol. The van der Waals surface area contributed by atoms with Gasteiger partial charge in [0.15, 0.2) is 0 Å². The number of piperidine rings is 2. The first kappa shape index (κ1) is 16.5. The number of aliphatic hydroxyl groups is 1. The number of nitrogens with zero attached hydrogens (tertiary/aromatic N) is 3. The van der Waals surface area contributed by atoms with E-state index in [0.717, 1.165) is 32.2 Å². The molecule has 0 saturated carbocycles. The van der Waals surface area contributed by atoms with Crippen molar-refractivity contribution in [2.24, 2.45) is 0 Å². The van der Waals surface area contributed by atoms with Gasteiger partial charge in [-0.05, 0) is 37.3 Å². The van der Waals surface area contributed by atoms with Gasteiger partial charge in [-0.3, -0.25) is 4.90 Å². The third-order valence-corrected chi connectivity index (χ3v) is 5.69. The van der Waals surface area contributed by atoms with E-state index in [9.17, 15) is 5.11 Å². The quantitative estimate of drug-likeness (QED) is 0.928. The van der Waals surface area contributed by atoms with Crippen LogP contribution in [0.3, 0.4) is 0 Å². The third kappa shape index (κ3) is 3.26. The van der Waals surface area contributed by atoms with Crippen LogP contribution in [-0.4, -0.2) is 39.4 Å². The molecular formula is C20H25N3O2. The zero-order valence-electron chi connectivity index (χ0n) is 14.6. The lowest BCUT2D eigenvalue weighted by atomic mass is 9.74. The van der Waals surface area contributed by atoms with E-state index in [-0.39, 0.29) is 0 Å². The predicted octanol–water partition coefficient (Wildman–Crippen LogP) is 2.89. The summed E-state index contributed by atoms with van der Waals surface area (Å²) in [5.74, 6) is 0.481. The highest BCUT2D eigenvalue weighted by Gasteiger charge is 2.47. The van der Waals surface area contributed by atoms with Crippen molar-refractivity contribution < 1.29 is 9.84 Å². The predicted molar refractivity (Wildman–Crippen MR) is 95.1 cm³/mol. The van der Waals surface area contributed by atoms with E-state index in [1.807, 2.05) is 6.07 Å². The second kappa shape index (κ2) is 6.73. The molecule has 0 radical (unpaired) electrons. The van der Waals surface area contributed by atoms with Crippen LogP contribution < -0.4 is 4.74 Å². The Hall–Kier alpha value is -1.98. The maximum atomic E-state index is 11.3. The van der Waals surface area contributed by atoms with Crippen LogP contribution in [0.25, 0.3) is 0 Å². The molecule has 5 nitrogen and oxygen atoms in total. The lowest BCUT2D eigenvalue weighted by Gasteiger charge is -2.51. The Labute approximate surface area is 148 Å². The monoisotopic (exact) mass is 339 g/mol. The number of benzene rings is 1. The Morgan fingerprint density at radius 3 is 2.40 bits per heavy atom. The van der Waals surface area contributed by atoms with Gasteiger partial charge in [0.2, 0.25) is 5.88 Å². The van der Waals surface area contributed by atoms with Gasteiger partial charge < -0.3 is 9.84 Å². The number of hydrogen-bond acceptors (Lipinski definition) is 5. The van der Waals surface area contributed by atoms with E-state index >= 15 is 0 Å². The van der Waals surface area contributed by atoms with Gasteiger partial charge in [0.1, 0.15) is 5.60 Å². The summed E-state index contributed by atoms with van der Waals surface area (Å²) >= 11 is 0. The van der Waals surface area contributed by atoms with Crippen molar-refractivity contribution in [1.82, 2.24) is 15.1 Å². The SMILES string of the molecule is COc1ccc(C2(O)CC3CCCC(C2)N3Cc2ccccc2)nn1. The summed E-state index contributed by atoms with van der Waals surface area (Å²) in [5, 5.41) is 19.6. The summed E-state index contributed by atoms with van der Waals surface area (Å²) in [6.45, 7) is 0.959. The maximum Gasteiger partial charge on any atom is 0.233 e. The minimum Gasteiger partial charge on any atom is -0.480 e. The molecule has 1 aromatic heterocycles. The fraction of sp³-hybridized carbons (Fsp3) is 0.500. The van der Waals surface area contributed by atoms with Gasteiger partial charge in [-0.2, -0.15) is 0 Å². The normalized spacial score (nSPS) is 29.4. The number of ether oxygens (including phenoxy) is 1. The first-order chi connectivity index (χ1) is 12.2. The lowest BCUT2D eigenvalue weighted by Crippen LogP contribution is -2.56. The first-order valence-corrected chi connectivity index (χ1v) is 9.08. The second-order valence-corrected chi connectivity index (χ2v) is 7.30. The molecule has 5 heteroatoms. The fourth-order valence-corrected chi connectivity index (χ4v) is 4.46. The Balaban J connectivity index is 1.55. The van der Waals surface area contributed by atoms with Crippen LogP contribution in [0.5, 0.6) is 5.88 Å². The molecule has 2 fully saturated rings. The highest BCUT2D eigenvalue weighted by molar-refractivity contribution is 5.20. The van der Waals surface area contributed by atoms with Crippen molar-refractivity contribution >= 4 is 0 Å². The van der Waals surface area contributed by atoms with Crippen LogP contribution in [0.1, 0.15) is 43.4 Å². The topological polar surface area (TPSA) is 58.5 Å². The van der Waals surface area contributed by atoms with Gasteiger partial charge in [0.25, 0.3) is 0 Å². The molecule has 0 spiro atoms. The van der Waals surface area contributed by atoms with E-state index in [1.165, 1.54) is 12.0 Å². The molecule has 1 N–H and O–H groups in total. The second-order valence-electron chi connectivity index (χ2n) is 7.30. The van der Waals surface area contributed by atoms with Gasteiger partial charge in [-0.15, -0.1) is 10.2 Å². The molecule has 2 aliphatic heterocycles. The zero-order chi connectivity index (χ0) is 17.3. The molecule has 2 aliphatic rings. The minimum absolute atomic E-state index is 0.390. The van der Waals surface area contributed by atoms with Gasteiger partial charge in [-0.1, -0.05) is 36.8 Å². The number of methoxy groups -OCH3 is 1. The summed E-state index contributed by atoms with van der Waals surface area (Å²) in [5.41, 5.74) is 1.13. The van der Waals surface area contributed by atoms with E-state index in [4.69, 9.17) is 4.74 Å². The van der Waals surface area contributed by atoms with Gasteiger partial charge in [0.05, 0.1) is 12.8 Å². The van der Waals surface area contributed by atoms with Crippen LogP contribution in [0.4, 0.5) is 0 Å². The van der Waals surface area contributed by atoms with Crippen molar-refractivity contribution in [3.63, 3.8) is 0 Å². The van der Waals surface area contributed by atoms with E-state index in [1.54, 1.807) is 13.2 Å². The molecule has 3 heterocycles. The van der Waals surface area contributed by atoms with Crippen molar-refractivity contribution in [3.05, 3.63) is 53.7 Å². The Bertz CT molecular complexity index is 691. The van der Waals surface area contributed by atoms with Crippen molar-refractivity contribution in [2.45, 2.75) is 56.3 Å². The molecule has 25 heavy (non-hydrogen) atoms. The highest BCUT2D eigenvalue weighted by atomic mass is 16.5. The molecule has 1 aromatic carbocycles. The largest absolute Gasteiger partial charge is 0.480 e. The number of hydrogen-bond donors (Lipinski definition) is 1. The summed E-state index contributed by atoms with van der Waals surface area (Å²) in [6.07, 6.45) is 4.95. The first-order valence-electron chi connectivity index (χ1n) is 9.08. The Morgan fingerprint density at radius 2 is 1.80 bits per heavy atom. The molecule has 2 aromatic rings. The van der Waals surface area contributed by atoms with Crippen LogP contribution in [0, 0.1) is 0 Å². The summed E-state index contributed by atoms with van der Waals surface area (Å²) < 4.78 is 5.08. The molecule has 2 atom stereocenters. The molecule has 0 aliphatic carbocycles. The Kier molecular flexibility index (Phi) is 4.44. The average Bonchev–Trinajstić information content (AvgIpc) is 2.64. The van der Waals surface area contributed by atoms with Crippen LogP contribution in [-0.2, 0) is 12.1 Å². The Morgan fingerprint density at radius 1 is 1.08 bits per heavy atom. The van der Waals surface area contributed by atoms with Crippen LogP contribution in [0.2, 0.25) is 0 Å². The summed E-state index contributed by atoms with van der Waals surface area (Å²) in [6, 6.07) is 15.0. The van der Waals surface area contributed by atoms with Gasteiger partial charge in [0, 0.05) is 24.7 Å². The molecule has 4 rings (SSSR count). The maximum absolute atomic E-state index is 11.3. The molecule has 132 valence electrons. The molecule has 2 bridgehead atoms. The van der Waals surface area contributed by atoms with Crippen molar-refractivity contribution in [2.75, 3.05) is 7.11 Å². The number of fused-ring (bicyclic) bond motifs is 2. The standard InChI is InChI=1S/C20H25N3O2/c1-25-19-11-10-18(21-22-19)20(24)12-16-8-5-9-17(13-20)23(16)14-15-6-3-2-4-7-15/h2-4,6-7,10-11,16-17,24H,5,8-9,12-14H2,1H3. The van der Waals surface area contributed by atoms with Gasteiger partial charge in [-0.25, -0.2) is 0 Å². The average molecular weight is 339 g/mol. The molecule has 0 amide bonds. The zero-order valence-corrected chi connectivity index (χ0v) is 14.6. The smallest absolute Gasteiger partial charge is 0.233 e. The molecule has 2 unspecified atom stereocenters. The van der Waals surface area contributed by atoms with Crippen LogP contribution in [0.15, 0.2) is 42.5 Å². The van der Waals surface area contributed by atoms with E-state index in [0.29, 0.717) is 23.7 Å².